The Hall–Kier alpha value is -0.980. The molecule has 2 N–H and O–H groups in total. The topological polar surface area (TPSA) is 63.4 Å². The Morgan fingerprint density at radius 3 is 2.74 bits per heavy atom. The van der Waals surface area contributed by atoms with Crippen molar-refractivity contribution in [1.29, 1.82) is 0 Å². The van der Waals surface area contributed by atoms with E-state index in [2.05, 4.69) is 0 Å². The van der Waals surface area contributed by atoms with Gasteiger partial charge in [0.05, 0.1) is 0 Å². The third-order valence-corrected chi connectivity index (χ3v) is 5.58. The van der Waals surface area contributed by atoms with Gasteiger partial charge in [-0.05, 0) is 43.0 Å². The molecule has 1 heterocycles. The highest BCUT2D eigenvalue weighted by Crippen LogP contribution is 2.33. The Labute approximate surface area is 113 Å². The molecular formula is C13H19FN2O2S. The molecule has 0 aliphatic carbocycles. The lowest BCUT2D eigenvalue weighted by Gasteiger charge is -2.22. The van der Waals surface area contributed by atoms with Crippen LogP contribution in [-0.4, -0.2) is 32.4 Å². The molecule has 0 aromatic heterocycles. The number of hydrogen-bond acceptors (Lipinski definition) is 3. The van der Waals surface area contributed by atoms with E-state index in [1.54, 1.807) is 13.0 Å². The lowest BCUT2D eigenvalue weighted by atomic mass is 9.90. The molecule has 1 aliphatic rings. The highest BCUT2D eigenvalue weighted by Gasteiger charge is 2.39. The number of benzene rings is 1. The van der Waals surface area contributed by atoms with Crippen molar-refractivity contribution < 1.29 is 12.8 Å². The van der Waals surface area contributed by atoms with E-state index in [-0.39, 0.29) is 10.3 Å². The van der Waals surface area contributed by atoms with Crippen molar-refractivity contribution in [3.63, 3.8) is 0 Å². The number of nitrogens with two attached hydrogens (primary N) is 1. The summed E-state index contributed by atoms with van der Waals surface area (Å²) in [6, 6.07) is 4.13. The second-order valence-corrected chi connectivity index (χ2v) is 7.44. The average Bonchev–Trinajstić information content (AvgIpc) is 2.76. The van der Waals surface area contributed by atoms with Crippen molar-refractivity contribution in [3.05, 3.63) is 29.6 Å². The van der Waals surface area contributed by atoms with Crippen molar-refractivity contribution in [2.24, 2.45) is 11.1 Å². The van der Waals surface area contributed by atoms with Crippen molar-refractivity contribution in [2.75, 3.05) is 19.6 Å². The molecule has 1 aromatic rings. The Morgan fingerprint density at radius 2 is 2.16 bits per heavy atom. The van der Waals surface area contributed by atoms with Gasteiger partial charge >= 0.3 is 0 Å². The lowest BCUT2D eigenvalue weighted by Crippen LogP contribution is -2.34. The number of hydrogen-bond donors (Lipinski definition) is 1. The number of aryl methyl sites for hydroxylation is 1. The largest absolute Gasteiger partial charge is 0.330 e. The molecule has 6 heteroatoms. The molecule has 1 atom stereocenters. The van der Waals surface area contributed by atoms with Gasteiger partial charge in [-0.25, -0.2) is 12.8 Å². The van der Waals surface area contributed by atoms with E-state index in [9.17, 15) is 12.8 Å². The molecule has 1 aliphatic heterocycles. The molecule has 1 saturated heterocycles. The monoisotopic (exact) mass is 286 g/mol. The van der Waals surface area contributed by atoms with E-state index in [4.69, 9.17) is 5.73 Å². The van der Waals surface area contributed by atoms with Gasteiger partial charge in [0.25, 0.3) is 0 Å². The predicted octanol–water partition coefficient (Wildman–Crippen LogP) is 1.49. The summed E-state index contributed by atoms with van der Waals surface area (Å²) in [5, 5.41) is 0. The first-order valence-electron chi connectivity index (χ1n) is 6.25. The van der Waals surface area contributed by atoms with Gasteiger partial charge in [-0.3, -0.25) is 0 Å². The molecule has 0 spiro atoms. The van der Waals surface area contributed by atoms with Gasteiger partial charge < -0.3 is 5.73 Å². The van der Waals surface area contributed by atoms with Crippen LogP contribution in [0.25, 0.3) is 0 Å². The van der Waals surface area contributed by atoms with Gasteiger partial charge in [0.15, 0.2) is 0 Å². The Bertz CT molecular complexity index is 588. The molecular weight excluding hydrogens is 267 g/mol. The third kappa shape index (κ3) is 2.66. The Balaban J connectivity index is 2.36. The number of halogens is 1. The molecule has 0 saturated carbocycles. The zero-order valence-corrected chi connectivity index (χ0v) is 12.0. The van der Waals surface area contributed by atoms with Crippen molar-refractivity contribution in [3.8, 4) is 0 Å². The van der Waals surface area contributed by atoms with Crippen molar-refractivity contribution in [2.45, 2.75) is 25.2 Å². The maximum Gasteiger partial charge on any atom is 0.246 e. The summed E-state index contributed by atoms with van der Waals surface area (Å²) in [4.78, 5) is -0.242. The van der Waals surface area contributed by atoms with Crippen LogP contribution in [0.1, 0.15) is 18.9 Å². The van der Waals surface area contributed by atoms with E-state index in [1.807, 2.05) is 6.92 Å². The zero-order valence-electron chi connectivity index (χ0n) is 11.2. The van der Waals surface area contributed by atoms with Crippen LogP contribution in [0.3, 0.4) is 0 Å². The summed E-state index contributed by atoms with van der Waals surface area (Å²) in [7, 11) is -3.77. The predicted molar refractivity (Wildman–Crippen MR) is 71.7 cm³/mol. The summed E-state index contributed by atoms with van der Waals surface area (Å²) >= 11 is 0. The third-order valence-electron chi connectivity index (χ3n) is 3.72. The minimum Gasteiger partial charge on any atom is -0.330 e. The van der Waals surface area contributed by atoms with Crippen LogP contribution in [-0.2, 0) is 10.0 Å². The van der Waals surface area contributed by atoms with Crippen LogP contribution < -0.4 is 5.73 Å². The molecule has 0 amide bonds. The van der Waals surface area contributed by atoms with E-state index in [1.165, 1.54) is 16.4 Å². The minimum absolute atomic E-state index is 0.215. The van der Waals surface area contributed by atoms with Gasteiger partial charge in [-0.2, -0.15) is 4.31 Å². The minimum atomic E-state index is -3.77. The summed E-state index contributed by atoms with van der Waals surface area (Å²) in [5.74, 6) is -0.702. The maximum atomic E-state index is 13.8. The van der Waals surface area contributed by atoms with Crippen LogP contribution >= 0.6 is 0 Å². The van der Waals surface area contributed by atoms with Crippen molar-refractivity contribution in [1.82, 2.24) is 4.31 Å². The first-order valence-corrected chi connectivity index (χ1v) is 7.69. The quantitative estimate of drug-likeness (QED) is 0.915. The summed E-state index contributed by atoms with van der Waals surface area (Å²) in [5.41, 5.74) is 6.18. The molecule has 0 bridgehead atoms. The first kappa shape index (κ1) is 14.4. The number of rotatable bonds is 3. The first-order chi connectivity index (χ1) is 8.78. The molecule has 0 radical (unpaired) electrons. The zero-order chi connectivity index (χ0) is 14.3. The highest BCUT2D eigenvalue weighted by atomic mass is 32.2. The Kier molecular flexibility index (Phi) is 3.68. The second kappa shape index (κ2) is 4.85. The number of sulfonamides is 1. The smallest absolute Gasteiger partial charge is 0.246 e. The molecule has 1 aromatic carbocycles. The van der Waals surface area contributed by atoms with E-state index in [0.29, 0.717) is 26.1 Å². The molecule has 2 rings (SSSR count). The normalized spacial score (nSPS) is 24.8. The van der Waals surface area contributed by atoms with E-state index >= 15 is 0 Å². The fraction of sp³-hybridized carbons (Fsp3) is 0.538. The highest BCUT2D eigenvalue weighted by molar-refractivity contribution is 7.89. The van der Waals surface area contributed by atoms with Crippen molar-refractivity contribution >= 4 is 10.0 Å². The number of nitrogens with zero attached hydrogens (tertiary/aromatic N) is 1. The molecule has 106 valence electrons. The Morgan fingerprint density at radius 1 is 1.47 bits per heavy atom. The van der Waals surface area contributed by atoms with Crippen LogP contribution in [0, 0.1) is 18.2 Å². The maximum absolute atomic E-state index is 13.8. The van der Waals surface area contributed by atoms with Gasteiger partial charge in [0.1, 0.15) is 10.7 Å². The fourth-order valence-corrected chi connectivity index (χ4v) is 4.04. The van der Waals surface area contributed by atoms with Gasteiger partial charge in [-0.15, -0.1) is 0 Å². The summed E-state index contributed by atoms with van der Waals surface area (Å²) < 4.78 is 40.0. The van der Waals surface area contributed by atoms with Crippen LogP contribution in [0.5, 0.6) is 0 Å². The second-order valence-electron chi connectivity index (χ2n) is 5.54. The summed E-state index contributed by atoms with van der Waals surface area (Å²) in [6.07, 6.45) is 0.705. The molecule has 4 nitrogen and oxygen atoms in total. The fourth-order valence-electron chi connectivity index (χ4n) is 2.30. The summed E-state index contributed by atoms with van der Waals surface area (Å²) in [6.45, 7) is 4.86. The van der Waals surface area contributed by atoms with Gasteiger partial charge in [0.2, 0.25) is 10.0 Å². The molecule has 19 heavy (non-hydrogen) atoms. The van der Waals surface area contributed by atoms with E-state index < -0.39 is 15.8 Å². The van der Waals surface area contributed by atoms with Gasteiger partial charge in [-0.1, -0.05) is 13.0 Å². The molecule has 1 fully saturated rings. The average molecular weight is 286 g/mol. The van der Waals surface area contributed by atoms with E-state index in [0.717, 1.165) is 5.56 Å². The van der Waals surface area contributed by atoms with Crippen LogP contribution in [0.4, 0.5) is 4.39 Å². The van der Waals surface area contributed by atoms with Crippen LogP contribution in [0.2, 0.25) is 0 Å². The SMILES string of the molecule is Cc1ccc(F)c(S(=O)(=O)N2CCC(C)(CN)C2)c1. The van der Waals surface area contributed by atoms with Gasteiger partial charge in [0, 0.05) is 13.1 Å². The van der Waals surface area contributed by atoms with Crippen LogP contribution in [0.15, 0.2) is 23.1 Å². The lowest BCUT2D eigenvalue weighted by molar-refractivity contribution is 0.349. The standard InChI is InChI=1S/C13H19FN2O2S/c1-10-3-4-11(14)12(7-10)19(17,18)16-6-5-13(2,8-15)9-16/h3-4,7H,5-6,8-9,15H2,1-2H3. The molecule has 1 unspecified atom stereocenters.